The molecule has 0 bridgehead atoms. The van der Waals surface area contributed by atoms with Crippen molar-refractivity contribution in [3.63, 3.8) is 0 Å². The Balaban J connectivity index is 1.94. The Morgan fingerprint density at radius 1 is 1.25 bits per heavy atom. The van der Waals surface area contributed by atoms with E-state index in [9.17, 15) is 4.79 Å². The molecule has 0 unspecified atom stereocenters. The van der Waals surface area contributed by atoms with Crippen LogP contribution in [0, 0.1) is 5.41 Å². The van der Waals surface area contributed by atoms with Gasteiger partial charge in [0.25, 0.3) is 0 Å². The average molecular weight is 274 g/mol. The fourth-order valence-electron chi connectivity index (χ4n) is 2.64. The van der Waals surface area contributed by atoms with Crippen molar-refractivity contribution in [3.05, 3.63) is 35.9 Å². The van der Waals surface area contributed by atoms with Crippen molar-refractivity contribution < 1.29 is 14.6 Å². The number of benzene rings is 1. The number of allylic oxidation sites excluding steroid dienone is 1. The smallest absolute Gasteiger partial charge is 0.341 e. The largest absolute Gasteiger partial charge is 0.482 e. The van der Waals surface area contributed by atoms with E-state index in [0.717, 1.165) is 5.56 Å². The highest BCUT2D eigenvalue weighted by Crippen LogP contribution is 2.37. The minimum Gasteiger partial charge on any atom is -0.482 e. The lowest BCUT2D eigenvalue weighted by molar-refractivity contribution is -0.139. The Kier molecular flexibility index (Phi) is 4.83. The van der Waals surface area contributed by atoms with E-state index < -0.39 is 5.97 Å². The van der Waals surface area contributed by atoms with Crippen LogP contribution < -0.4 is 4.74 Å². The van der Waals surface area contributed by atoms with Crippen LogP contribution in [-0.4, -0.2) is 17.7 Å². The Morgan fingerprint density at radius 2 is 1.90 bits per heavy atom. The van der Waals surface area contributed by atoms with Crippen LogP contribution in [0.5, 0.6) is 5.75 Å². The topological polar surface area (TPSA) is 46.5 Å². The monoisotopic (exact) mass is 274 g/mol. The summed E-state index contributed by atoms with van der Waals surface area (Å²) in [5, 5.41) is 8.55. The first-order valence-corrected chi connectivity index (χ1v) is 7.21. The summed E-state index contributed by atoms with van der Waals surface area (Å²) in [5.74, 6) is -0.368. The molecule has 20 heavy (non-hydrogen) atoms. The molecule has 0 aromatic heterocycles. The van der Waals surface area contributed by atoms with Gasteiger partial charge in [0, 0.05) is 0 Å². The van der Waals surface area contributed by atoms with E-state index in [0.29, 0.717) is 11.2 Å². The summed E-state index contributed by atoms with van der Waals surface area (Å²) in [6.45, 7) is 2.03. The van der Waals surface area contributed by atoms with Crippen molar-refractivity contribution >= 4 is 12.0 Å². The number of carboxylic acid groups (broad SMARTS) is 1. The van der Waals surface area contributed by atoms with Gasteiger partial charge in [-0.1, -0.05) is 50.5 Å². The highest BCUT2D eigenvalue weighted by Gasteiger charge is 2.23. The predicted octanol–water partition coefficient (Wildman–Crippen LogP) is 4.13. The van der Waals surface area contributed by atoms with Crippen molar-refractivity contribution in [2.24, 2.45) is 5.41 Å². The Bertz CT molecular complexity index is 468. The van der Waals surface area contributed by atoms with Gasteiger partial charge in [-0.3, -0.25) is 0 Å². The Labute approximate surface area is 120 Å². The predicted molar refractivity (Wildman–Crippen MR) is 79.8 cm³/mol. The van der Waals surface area contributed by atoms with Gasteiger partial charge in [0.05, 0.1) is 0 Å². The molecule has 3 heteroatoms. The Morgan fingerprint density at radius 3 is 2.50 bits per heavy atom. The molecule has 1 aliphatic rings. The third kappa shape index (κ3) is 4.41. The lowest BCUT2D eigenvalue weighted by Crippen LogP contribution is -2.16. The minimum absolute atomic E-state index is 0.298. The first-order chi connectivity index (χ1) is 9.57. The number of aliphatic carboxylic acids is 1. The van der Waals surface area contributed by atoms with Crippen molar-refractivity contribution in [2.45, 2.75) is 39.0 Å². The summed E-state index contributed by atoms with van der Waals surface area (Å²) in [7, 11) is 0. The standard InChI is InChI=1S/C17H22O3/c1-17(10-3-2-4-11-17)12-9-14-5-7-15(8-6-14)20-13-16(18)19/h5-9,12H,2-4,10-11,13H2,1H3,(H,18,19). The van der Waals surface area contributed by atoms with Crippen molar-refractivity contribution in [3.8, 4) is 5.75 Å². The molecular weight excluding hydrogens is 252 g/mol. The number of ether oxygens (including phenoxy) is 1. The molecule has 0 saturated heterocycles. The first kappa shape index (κ1) is 14.6. The van der Waals surface area contributed by atoms with Gasteiger partial charge in [-0.25, -0.2) is 4.79 Å². The van der Waals surface area contributed by atoms with Crippen molar-refractivity contribution in [2.75, 3.05) is 6.61 Å². The van der Waals surface area contributed by atoms with E-state index in [1.165, 1.54) is 32.1 Å². The Hall–Kier alpha value is -1.77. The molecule has 1 aromatic rings. The molecule has 0 aliphatic heterocycles. The number of rotatable bonds is 5. The van der Waals surface area contributed by atoms with E-state index in [-0.39, 0.29) is 6.61 Å². The number of hydrogen-bond acceptors (Lipinski definition) is 2. The molecule has 1 aromatic carbocycles. The molecule has 0 amide bonds. The van der Waals surface area contributed by atoms with Crippen LogP contribution in [-0.2, 0) is 4.79 Å². The van der Waals surface area contributed by atoms with Gasteiger partial charge in [-0.15, -0.1) is 0 Å². The molecule has 2 rings (SSSR count). The highest BCUT2D eigenvalue weighted by atomic mass is 16.5. The van der Waals surface area contributed by atoms with Gasteiger partial charge in [-0.05, 0) is 36.0 Å². The number of carbonyl (C=O) groups is 1. The van der Waals surface area contributed by atoms with Crippen LogP contribution in [0.1, 0.15) is 44.6 Å². The van der Waals surface area contributed by atoms with E-state index in [1.54, 1.807) is 0 Å². The van der Waals surface area contributed by atoms with E-state index in [2.05, 4.69) is 19.1 Å². The molecule has 0 radical (unpaired) electrons. The first-order valence-electron chi connectivity index (χ1n) is 7.21. The average Bonchev–Trinajstić information content (AvgIpc) is 2.45. The molecule has 108 valence electrons. The third-order valence-corrected chi connectivity index (χ3v) is 3.92. The molecule has 0 spiro atoms. The van der Waals surface area contributed by atoms with Crippen LogP contribution in [0.15, 0.2) is 30.3 Å². The van der Waals surface area contributed by atoms with Crippen LogP contribution in [0.25, 0.3) is 6.08 Å². The van der Waals surface area contributed by atoms with E-state index in [4.69, 9.17) is 9.84 Å². The van der Waals surface area contributed by atoms with Crippen molar-refractivity contribution in [1.29, 1.82) is 0 Å². The summed E-state index contributed by atoms with van der Waals surface area (Å²) < 4.78 is 5.11. The van der Waals surface area contributed by atoms with Crippen LogP contribution in [0.3, 0.4) is 0 Å². The van der Waals surface area contributed by atoms with Crippen LogP contribution in [0.2, 0.25) is 0 Å². The number of hydrogen-bond donors (Lipinski definition) is 1. The molecule has 0 heterocycles. The quantitative estimate of drug-likeness (QED) is 0.878. The normalized spacial score (nSPS) is 18.1. The molecule has 1 fully saturated rings. The maximum atomic E-state index is 10.4. The summed E-state index contributed by atoms with van der Waals surface area (Å²) in [6.07, 6.45) is 11.0. The maximum Gasteiger partial charge on any atom is 0.341 e. The SMILES string of the molecule is CC1(C=Cc2ccc(OCC(=O)O)cc2)CCCCC1. The van der Waals surface area contributed by atoms with E-state index >= 15 is 0 Å². The lowest BCUT2D eigenvalue weighted by atomic mass is 9.75. The van der Waals surface area contributed by atoms with Gasteiger partial charge in [0.15, 0.2) is 6.61 Å². The highest BCUT2D eigenvalue weighted by molar-refractivity contribution is 5.68. The third-order valence-electron chi connectivity index (χ3n) is 3.92. The zero-order valence-electron chi connectivity index (χ0n) is 12.0. The minimum atomic E-state index is -0.959. The van der Waals surface area contributed by atoms with Gasteiger partial charge in [0.2, 0.25) is 0 Å². The summed E-state index contributed by atoms with van der Waals surface area (Å²) >= 11 is 0. The van der Waals surface area contributed by atoms with Gasteiger partial charge in [-0.2, -0.15) is 0 Å². The van der Waals surface area contributed by atoms with Crippen LogP contribution in [0.4, 0.5) is 0 Å². The van der Waals surface area contributed by atoms with Gasteiger partial charge in [0.1, 0.15) is 5.75 Å². The second-order valence-electron chi connectivity index (χ2n) is 5.80. The molecule has 1 saturated carbocycles. The number of carboxylic acids is 1. The second kappa shape index (κ2) is 6.60. The second-order valence-corrected chi connectivity index (χ2v) is 5.80. The van der Waals surface area contributed by atoms with Gasteiger partial charge >= 0.3 is 5.97 Å². The van der Waals surface area contributed by atoms with E-state index in [1.807, 2.05) is 24.3 Å². The zero-order valence-corrected chi connectivity index (χ0v) is 12.0. The van der Waals surface area contributed by atoms with Crippen LogP contribution >= 0.6 is 0 Å². The molecule has 1 N–H and O–H groups in total. The summed E-state index contributed by atoms with van der Waals surface area (Å²) in [5.41, 5.74) is 1.45. The molecular formula is C17H22O3. The molecule has 1 aliphatic carbocycles. The fourth-order valence-corrected chi connectivity index (χ4v) is 2.64. The summed E-state index contributed by atoms with van der Waals surface area (Å²) in [4.78, 5) is 10.4. The summed E-state index contributed by atoms with van der Waals surface area (Å²) in [6, 6.07) is 7.54. The van der Waals surface area contributed by atoms with Crippen molar-refractivity contribution in [1.82, 2.24) is 0 Å². The van der Waals surface area contributed by atoms with Gasteiger partial charge < -0.3 is 9.84 Å². The lowest BCUT2D eigenvalue weighted by Gasteiger charge is -2.30. The molecule has 3 nitrogen and oxygen atoms in total. The maximum absolute atomic E-state index is 10.4. The molecule has 0 atom stereocenters. The fraction of sp³-hybridized carbons (Fsp3) is 0.471. The zero-order chi connectivity index (χ0) is 14.4.